The topological polar surface area (TPSA) is 82.1 Å². The summed E-state index contributed by atoms with van der Waals surface area (Å²) < 4.78 is 0. The van der Waals surface area contributed by atoms with Crippen LogP contribution in [0.3, 0.4) is 0 Å². The Morgan fingerprint density at radius 1 is 1.67 bits per heavy atom. The van der Waals surface area contributed by atoms with E-state index < -0.39 is 0 Å². The molecule has 0 spiro atoms. The van der Waals surface area contributed by atoms with E-state index in [-0.39, 0.29) is 24.4 Å². The van der Waals surface area contributed by atoms with Gasteiger partial charge in [0.25, 0.3) is 5.91 Å². The number of aliphatic hydroxyl groups excluding tert-OH is 1. The van der Waals surface area contributed by atoms with Crippen molar-refractivity contribution in [3.05, 3.63) is 12.2 Å². The van der Waals surface area contributed by atoms with Gasteiger partial charge in [-0.3, -0.25) is 9.89 Å². The van der Waals surface area contributed by atoms with E-state index in [1.807, 2.05) is 13.8 Å². The second kappa shape index (κ2) is 5.45. The molecule has 0 aliphatic heterocycles. The predicted octanol–water partition coefficient (Wildman–Crippen LogP) is 0.0377. The maximum absolute atomic E-state index is 11.9. The molecule has 1 rings (SSSR count). The van der Waals surface area contributed by atoms with Crippen LogP contribution >= 0.6 is 0 Å². The van der Waals surface area contributed by atoms with Crippen molar-refractivity contribution < 1.29 is 9.90 Å². The van der Waals surface area contributed by atoms with E-state index >= 15 is 0 Å². The molecule has 0 saturated carbocycles. The van der Waals surface area contributed by atoms with Gasteiger partial charge in [-0.2, -0.15) is 5.10 Å². The van der Waals surface area contributed by atoms with Crippen molar-refractivity contribution in [3.63, 3.8) is 0 Å². The lowest BCUT2D eigenvalue weighted by Crippen LogP contribution is -2.38. The van der Waals surface area contributed by atoms with E-state index in [1.54, 1.807) is 4.90 Å². The smallest absolute Gasteiger partial charge is 0.291 e. The van der Waals surface area contributed by atoms with Crippen LogP contribution < -0.4 is 0 Å². The number of carbonyl (C=O) groups is 1. The average Bonchev–Trinajstić information content (AvgIpc) is 2.70. The lowest BCUT2D eigenvalue weighted by atomic mass is 10.2. The first-order chi connectivity index (χ1) is 7.16. The highest BCUT2D eigenvalue weighted by atomic mass is 16.3. The van der Waals surface area contributed by atoms with Gasteiger partial charge in [-0.25, -0.2) is 4.98 Å². The molecule has 6 heteroatoms. The van der Waals surface area contributed by atoms with Crippen LogP contribution in [0, 0.1) is 0 Å². The molecule has 0 saturated heterocycles. The van der Waals surface area contributed by atoms with Gasteiger partial charge in [-0.1, -0.05) is 0 Å². The highest BCUT2D eigenvalue weighted by molar-refractivity contribution is 5.90. The van der Waals surface area contributed by atoms with Gasteiger partial charge < -0.3 is 10.0 Å². The van der Waals surface area contributed by atoms with Crippen LogP contribution in [0.15, 0.2) is 6.33 Å². The Bertz CT molecular complexity index is 297. The first-order valence-corrected chi connectivity index (χ1v) is 4.94. The number of hydrogen-bond donors (Lipinski definition) is 2. The van der Waals surface area contributed by atoms with E-state index in [0.717, 1.165) is 0 Å². The van der Waals surface area contributed by atoms with Crippen LogP contribution in [-0.4, -0.2) is 50.3 Å². The minimum absolute atomic E-state index is 0.0763. The average molecular weight is 212 g/mol. The Labute approximate surface area is 88.3 Å². The first-order valence-electron chi connectivity index (χ1n) is 4.94. The Kier molecular flexibility index (Phi) is 4.23. The van der Waals surface area contributed by atoms with Gasteiger partial charge in [0.15, 0.2) is 0 Å². The molecule has 2 N–H and O–H groups in total. The fourth-order valence-corrected chi connectivity index (χ4v) is 1.28. The molecule has 1 heterocycles. The summed E-state index contributed by atoms with van der Waals surface area (Å²) in [5, 5.41) is 14.9. The molecule has 0 aromatic carbocycles. The van der Waals surface area contributed by atoms with Crippen molar-refractivity contribution >= 4 is 5.91 Å². The molecule has 1 amide bonds. The summed E-state index contributed by atoms with van der Waals surface area (Å²) in [6.07, 6.45) is 1.87. The van der Waals surface area contributed by atoms with Gasteiger partial charge >= 0.3 is 0 Å². The molecule has 6 nitrogen and oxygen atoms in total. The Hall–Kier alpha value is -1.43. The zero-order valence-corrected chi connectivity index (χ0v) is 8.97. The molecule has 0 aliphatic rings. The van der Waals surface area contributed by atoms with Crippen LogP contribution in [-0.2, 0) is 0 Å². The molecule has 84 valence electrons. The molecule has 0 atom stereocenters. The zero-order valence-electron chi connectivity index (χ0n) is 8.97. The van der Waals surface area contributed by atoms with Crippen LogP contribution in [0.1, 0.15) is 30.9 Å². The quantitative estimate of drug-likeness (QED) is 0.721. The van der Waals surface area contributed by atoms with Gasteiger partial charge in [0.05, 0.1) is 0 Å². The first kappa shape index (κ1) is 11.6. The van der Waals surface area contributed by atoms with E-state index in [9.17, 15) is 4.79 Å². The number of aromatic nitrogens is 3. The molecular weight excluding hydrogens is 196 g/mol. The largest absolute Gasteiger partial charge is 0.396 e. The van der Waals surface area contributed by atoms with Crippen molar-refractivity contribution in [2.45, 2.75) is 26.3 Å². The molecule has 0 unspecified atom stereocenters. The number of nitrogens with zero attached hydrogens (tertiary/aromatic N) is 3. The summed E-state index contributed by atoms with van der Waals surface area (Å²) in [6.45, 7) is 4.44. The molecule has 0 bridgehead atoms. The number of aromatic amines is 1. The number of amides is 1. The van der Waals surface area contributed by atoms with Gasteiger partial charge in [0.1, 0.15) is 6.33 Å². The van der Waals surface area contributed by atoms with Crippen LogP contribution in [0.2, 0.25) is 0 Å². The molecule has 0 aliphatic carbocycles. The summed E-state index contributed by atoms with van der Waals surface area (Å²) in [6, 6.07) is 0.0779. The van der Waals surface area contributed by atoms with Crippen molar-refractivity contribution in [1.82, 2.24) is 20.1 Å². The molecule has 1 aromatic heterocycles. The van der Waals surface area contributed by atoms with Gasteiger partial charge in [0, 0.05) is 19.2 Å². The summed E-state index contributed by atoms with van der Waals surface area (Å²) in [5.74, 6) is 0.0533. The van der Waals surface area contributed by atoms with E-state index in [1.165, 1.54) is 6.33 Å². The Morgan fingerprint density at radius 3 is 2.87 bits per heavy atom. The third-order valence-electron chi connectivity index (χ3n) is 2.06. The van der Waals surface area contributed by atoms with E-state index in [0.29, 0.717) is 13.0 Å². The van der Waals surface area contributed by atoms with Crippen LogP contribution in [0.4, 0.5) is 0 Å². The summed E-state index contributed by atoms with van der Waals surface area (Å²) in [5.41, 5.74) is 0. The van der Waals surface area contributed by atoms with Crippen LogP contribution in [0.25, 0.3) is 0 Å². The minimum atomic E-state index is -0.184. The molecular formula is C9H16N4O2. The number of nitrogens with one attached hydrogen (secondary N) is 1. The van der Waals surface area contributed by atoms with Crippen molar-refractivity contribution in [3.8, 4) is 0 Å². The van der Waals surface area contributed by atoms with E-state index in [4.69, 9.17) is 5.11 Å². The standard InChI is InChI=1S/C9H16N4O2/c1-7(2)13(4-3-5-14)9(15)8-10-6-11-12-8/h6-7,14H,3-5H2,1-2H3,(H,10,11,12). The fourth-order valence-electron chi connectivity index (χ4n) is 1.28. The number of H-pyrrole nitrogens is 1. The lowest BCUT2D eigenvalue weighted by molar-refractivity contribution is 0.0681. The molecule has 0 fully saturated rings. The highest BCUT2D eigenvalue weighted by Crippen LogP contribution is 2.04. The third-order valence-corrected chi connectivity index (χ3v) is 2.06. The predicted molar refractivity (Wildman–Crippen MR) is 54.3 cm³/mol. The maximum Gasteiger partial charge on any atom is 0.291 e. The van der Waals surface area contributed by atoms with E-state index in [2.05, 4.69) is 15.2 Å². The van der Waals surface area contributed by atoms with Gasteiger partial charge in [0.2, 0.25) is 5.82 Å². The molecule has 1 aromatic rings. The van der Waals surface area contributed by atoms with Crippen molar-refractivity contribution in [2.24, 2.45) is 0 Å². The Morgan fingerprint density at radius 2 is 2.40 bits per heavy atom. The zero-order chi connectivity index (χ0) is 11.3. The second-order valence-corrected chi connectivity index (χ2v) is 3.50. The number of rotatable bonds is 5. The monoisotopic (exact) mass is 212 g/mol. The number of carbonyl (C=O) groups excluding carboxylic acids is 1. The molecule has 15 heavy (non-hydrogen) atoms. The summed E-state index contributed by atoms with van der Waals surface area (Å²) in [7, 11) is 0. The van der Waals surface area contributed by atoms with Gasteiger partial charge in [-0.05, 0) is 20.3 Å². The van der Waals surface area contributed by atoms with Crippen molar-refractivity contribution in [1.29, 1.82) is 0 Å². The highest BCUT2D eigenvalue weighted by Gasteiger charge is 2.20. The maximum atomic E-state index is 11.9. The fraction of sp³-hybridized carbons (Fsp3) is 0.667. The number of hydrogen-bond acceptors (Lipinski definition) is 4. The summed E-state index contributed by atoms with van der Waals surface area (Å²) in [4.78, 5) is 17.3. The number of aliphatic hydroxyl groups is 1. The normalized spacial score (nSPS) is 10.7. The second-order valence-electron chi connectivity index (χ2n) is 3.50. The minimum Gasteiger partial charge on any atom is -0.396 e. The SMILES string of the molecule is CC(C)N(CCCO)C(=O)c1ncn[nH]1. The third kappa shape index (κ3) is 3.02. The molecule has 0 radical (unpaired) electrons. The van der Waals surface area contributed by atoms with Gasteiger partial charge in [-0.15, -0.1) is 0 Å². The Balaban J connectivity index is 2.67. The summed E-state index contributed by atoms with van der Waals surface area (Å²) >= 11 is 0. The van der Waals surface area contributed by atoms with Crippen molar-refractivity contribution in [2.75, 3.05) is 13.2 Å². The van der Waals surface area contributed by atoms with Crippen LogP contribution in [0.5, 0.6) is 0 Å². The lowest BCUT2D eigenvalue weighted by Gasteiger charge is -2.25.